The van der Waals surface area contributed by atoms with Gasteiger partial charge in [0.25, 0.3) is 0 Å². The van der Waals surface area contributed by atoms with Crippen LogP contribution in [0.15, 0.2) is 30.4 Å². The van der Waals surface area contributed by atoms with Crippen molar-refractivity contribution in [2.75, 3.05) is 19.1 Å². The molecule has 27 heavy (non-hydrogen) atoms. The van der Waals surface area contributed by atoms with Crippen LogP contribution < -0.4 is 10.1 Å². The van der Waals surface area contributed by atoms with Crippen LogP contribution in [0.25, 0.3) is 0 Å². The van der Waals surface area contributed by atoms with E-state index in [1.807, 2.05) is 6.92 Å². The molecule has 1 aromatic rings. The molecule has 2 unspecified atom stereocenters. The van der Waals surface area contributed by atoms with E-state index >= 15 is 0 Å². The van der Waals surface area contributed by atoms with E-state index in [0.717, 1.165) is 12.8 Å². The Balaban J connectivity index is 2.78. The van der Waals surface area contributed by atoms with E-state index in [1.54, 1.807) is 6.92 Å². The maximum atomic E-state index is 12.5. The minimum absolute atomic E-state index is 0.176. The molecule has 1 N–H and O–H groups in total. The average Bonchev–Trinajstić information content (AvgIpc) is 2.65. The number of methoxy groups -OCH3 is 1. The highest BCUT2D eigenvalue weighted by molar-refractivity contribution is 6.33. The summed E-state index contributed by atoms with van der Waals surface area (Å²) in [6.07, 6.45) is -0.446. The normalized spacial score (nSPS) is 12.6. The molecule has 0 saturated heterocycles. The van der Waals surface area contributed by atoms with E-state index in [-0.39, 0.29) is 10.7 Å². The van der Waals surface area contributed by atoms with Crippen molar-refractivity contribution in [3.8, 4) is 5.75 Å². The number of esters is 1. The smallest absolute Gasteiger partial charge is 0.412 e. The Labute approximate surface area is 163 Å². The van der Waals surface area contributed by atoms with Gasteiger partial charge in [0.2, 0.25) is 6.10 Å². The molecule has 8 heteroatoms. The number of amides is 1. The van der Waals surface area contributed by atoms with Gasteiger partial charge in [-0.15, -0.1) is 0 Å². The molecule has 0 heterocycles. The van der Waals surface area contributed by atoms with E-state index in [0.29, 0.717) is 17.7 Å². The molecule has 0 aliphatic heterocycles. The van der Waals surface area contributed by atoms with Gasteiger partial charge in [-0.05, 0) is 37.5 Å². The zero-order chi connectivity index (χ0) is 20.4. The molecule has 0 aliphatic rings. The summed E-state index contributed by atoms with van der Waals surface area (Å²) in [6.45, 7) is 6.75. The maximum Gasteiger partial charge on any atom is 0.412 e. The fourth-order valence-electron chi connectivity index (χ4n) is 2.12. The fourth-order valence-corrected chi connectivity index (χ4v) is 2.34. The zero-order valence-corrected chi connectivity index (χ0v) is 16.5. The van der Waals surface area contributed by atoms with Crippen molar-refractivity contribution < 1.29 is 28.2 Å². The molecule has 1 rings (SSSR count). The third kappa shape index (κ3) is 7.46. The van der Waals surface area contributed by atoms with Crippen LogP contribution in [0.2, 0.25) is 5.02 Å². The van der Waals surface area contributed by atoms with Crippen molar-refractivity contribution in [3.05, 3.63) is 35.4 Å². The number of benzene rings is 1. The summed E-state index contributed by atoms with van der Waals surface area (Å²) in [5, 5.41) is 2.63. The molecule has 6 nitrogen and oxygen atoms in total. The van der Waals surface area contributed by atoms with Gasteiger partial charge in [0.15, 0.2) is 0 Å². The largest absolute Gasteiger partial charge is 0.488 e. The molecule has 0 radical (unpaired) electrons. The summed E-state index contributed by atoms with van der Waals surface area (Å²) in [5.74, 6) is -0.342. The van der Waals surface area contributed by atoms with Crippen LogP contribution in [0.5, 0.6) is 5.75 Å². The van der Waals surface area contributed by atoms with Crippen molar-refractivity contribution >= 4 is 29.4 Å². The quantitative estimate of drug-likeness (QED) is 0.445. The van der Waals surface area contributed by atoms with Crippen LogP contribution in [0.3, 0.4) is 0 Å². The van der Waals surface area contributed by atoms with E-state index in [2.05, 4.69) is 16.6 Å². The van der Waals surface area contributed by atoms with Crippen LogP contribution in [-0.4, -0.2) is 38.1 Å². The highest BCUT2D eigenvalue weighted by Crippen LogP contribution is 2.28. The second-order valence-electron chi connectivity index (χ2n) is 5.92. The van der Waals surface area contributed by atoms with Gasteiger partial charge in [-0.1, -0.05) is 31.5 Å². The zero-order valence-electron chi connectivity index (χ0n) is 15.7. The molecule has 0 saturated carbocycles. The molecular formula is C19H25ClFNO5. The molecule has 0 spiro atoms. The van der Waals surface area contributed by atoms with Gasteiger partial charge in [0.1, 0.15) is 18.5 Å². The highest BCUT2D eigenvalue weighted by Gasteiger charge is 2.27. The molecule has 0 aromatic heterocycles. The number of hydrogen-bond donors (Lipinski definition) is 1. The Hall–Kier alpha value is -2.28. The summed E-state index contributed by atoms with van der Waals surface area (Å²) >= 11 is 6.10. The maximum absolute atomic E-state index is 12.5. The Morgan fingerprint density at radius 3 is 2.63 bits per heavy atom. The minimum Gasteiger partial charge on any atom is -0.488 e. The molecule has 0 aliphatic carbocycles. The number of unbranched alkanes of at least 4 members (excludes halogenated alkanes) is 1. The summed E-state index contributed by atoms with van der Waals surface area (Å²) < 4.78 is 27.7. The van der Waals surface area contributed by atoms with Gasteiger partial charge >= 0.3 is 12.1 Å². The van der Waals surface area contributed by atoms with Crippen LogP contribution in [0.1, 0.15) is 33.1 Å². The number of ether oxygens (including phenoxy) is 3. The molecule has 2 atom stereocenters. The Morgan fingerprint density at radius 2 is 2.07 bits per heavy atom. The number of carbonyl (C=O) groups excluding carboxylic acids is 2. The predicted molar refractivity (Wildman–Crippen MR) is 102 cm³/mol. The van der Waals surface area contributed by atoms with E-state index < -0.39 is 30.9 Å². The van der Waals surface area contributed by atoms with Crippen molar-refractivity contribution in [2.24, 2.45) is 0 Å². The lowest BCUT2D eigenvalue weighted by molar-refractivity contribution is -0.148. The summed E-state index contributed by atoms with van der Waals surface area (Å²) in [5.41, 5.74) is 0.707. The summed E-state index contributed by atoms with van der Waals surface area (Å²) in [4.78, 5) is 24.0. The molecule has 1 amide bonds. The predicted octanol–water partition coefficient (Wildman–Crippen LogP) is 4.91. The highest BCUT2D eigenvalue weighted by atomic mass is 35.5. The van der Waals surface area contributed by atoms with Crippen LogP contribution in [0.4, 0.5) is 14.9 Å². The lowest BCUT2D eigenvalue weighted by Crippen LogP contribution is -2.32. The first-order valence-electron chi connectivity index (χ1n) is 8.57. The number of halogens is 2. The molecule has 150 valence electrons. The third-order valence-corrected chi connectivity index (χ3v) is 3.91. The van der Waals surface area contributed by atoms with Gasteiger partial charge in [0, 0.05) is 6.07 Å². The average molecular weight is 402 g/mol. The SMILES string of the molecule is C=C(CCCC)C(OC(=O)Nc1ccc(OC(C)CF)cc1Cl)C(=O)OC. The van der Waals surface area contributed by atoms with Gasteiger partial charge in [-0.2, -0.15) is 0 Å². The van der Waals surface area contributed by atoms with Crippen molar-refractivity contribution in [1.82, 2.24) is 0 Å². The third-order valence-electron chi connectivity index (χ3n) is 3.59. The number of nitrogens with one attached hydrogen (secondary N) is 1. The first-order chi connectivity index (χ1) is 12.8. The number of rotatable bonds is 10. The Kier molecular flexibility index (Phi) is 9.64. The van der Waals surface area contributed by atoms with E-state index in [4.69, 9.17) is 21.1 Å². The first kappa shape index (κ1) is 22.8. The van der Waals surface area contributed by atoms with Crippen LogP contribution in [0, 0.1) is 0 Å². The van der Waals surface area contributed by atoms with Gasteiger partial charge in [-0.25, -0.2) is 14.0 Å². The van der Waals surface area contributed by atoms with E-state index in [1.165, 1.54) is 25.3 Å². The number of hydrogen-bond acceptors (Lipinski definition) is 5. The summed E-state index contributed by atoms with van der Waals surface area (Å²) in [7, 11) is 1.21. The molecular weight excluding hydrogens is 377 g/mol. The van der Waals surface area contributed by atoms with Crippen LogP contribution in [-0.2, 0) is 14.3 Å². The molecule has 1 aromatic carbocycles. The first-order valence-corrected chi connectivity index (χ1v) is 8.95. The standard InChI is InChI=1S/C19H25ClFNO5/c1-5-6-7-12(2)17(18(23)25-4)27-19(24)22-16-9-8-14(10-15(16)20)26-13(3)11-21/h8-10,13,17H,2,5-7,11H2,1,3-4H3,(H,22,24). The second-order valence-corrected chi connectivity index (χ2v) is 6.33. The van der Waals surface area contributed by atoms with E-state index in [9.17, 15) is 14.0 Å². The number of anilines is 1. The lowest BCUT2D eigenvalue weighted by atomic mass is 10.1. The monoisotopic (exact) mass is 401 g/mol. The van der Waals surface area contributed by atoms with Crippen molar-refractivity contribution in [2.45, 2.75) is 45.3 Å². The molecule has 0 fully saturated rings. The Bertz CT molecular complexity index is 668. The second kappa shape index (κ2) is 11.4. The summed E-state index contributed by atoms with van der Waals surface area (Å²) in [6, 6.07) is 4.47. The lowest BCUT2D eigenvalue weighted by Gasteiger charge is -2.19. The van der Waals surface area contributed by atoms with Crippen LogP contribution >= 0.6 is 11.6 Å². The Morgan fingerprint density at radius 1 is 1.37 bits per heavy atom. The van der Waals surface area contributed by atoms with Gasteiger partial charge in [-0.3, -0.25) is 5.32 Å². The minimum atomic E-state index is -1.20. The van der Waals surface area contributed by atoms with Crippen molar-refractivity contribution in [1.29, 1.82) is 0 Å². The number of alkyl halides is 1. The van der Waals surface area contributed by atoms with Gasteiger partial charge < -0.3 is 14.2 Å². The molecule has 0 bridgehead atoms. The van der Waals surface area contributed by atoms with Crippen molar-refractivity contribution in [3.63, 3.8) is 0 Å². The topological polar surface area (TPSA) is 73.9 Å². The fraction of sp³-hybridized carbons (Fsp3) is 0.474. The number of carbonyl (C=O) groups is 2. The van der Waals surface area contributed by atoms with Gasteiger partial charge in [0.05, 0.1) is 17.8 Å².